The molecule has 0 bridgehead atoms. The predicted molar refractivity (Wildman–Crippen MR) is 79.7 cm³/mol. The molecule has 0 radical (unpaired) electrons. The van der Waals surface area contributed by atoms with Crippen LogP contribution in [0.3, 0.4) is 0 Å². The number of carbonyl (C=O) groups is 2. The van der Waals surface area contributed by atoms with E-state index in [0.29, 0.717) is 0 Å². The lowest BCUT2D eigenvalue weighted by atomic mass is 10.1. The van der Waals surface area contributed by atoms with Gasteiger partial charge in [0, 0.05) is 5.56 Å². The number of hydrogen-bond donors (Lipinski definition) is 1. The molecule has 0 atom stereocenters. The zero-order valence-electron chi connectivity index (χ0n) is 12.8. The highest BCUT2D eigenvalue weighted by Crippen LogP contribution is 2.29. The van der Waals surface area contributed by atoms with E-state index < -0.39 is 23.6 Å². The number of alkyl halides is 3. The highest BCUT2D eigenvalue weighted by molar-refractivity contribution is 7.99. The van der Waals surface area contributed by atoms with Gasteiger partial charge in [-0.25, -0.2) is 0 Å². The molecule has 0 saturated heterocycles. The van der Waals surface area contributed by atoms with Crippen molar-refractivity contribution in [3.8, 4) is 0 Å². The molecule has 0 aliphatic heterocycles. The molecular formula is C14H12F3N3O4S. The minimum absolute atomic E-state index is 0.0191. The predicted octanol–water partition coefficient (Wildman–Crippen LogP) is 2.28. The van der Waals surface area contributed by atoms with Crippen molar-refractivity contribution < 1.29 is 31.9 Å². The Balaban J connectivity index is 1.92. The van der Waals surface area contributed by atoms with Gasteiger partial charge >= 0.3 is 12.1 Å². The third-order valence-electron chi connectivity index (χ3n) is 2.84. The molecule has 1 aromatic carbocycles. The maximum atomic E-state index is 12.6. The smallest absolute Gasteiger partial charge is 0.416 e. The van der Waals surface area contributed by atoms with Gasteiger partial charge < -0.3 is 14.5 Å². The number of esters is 1. The maximum Gasteiger partial charge on any atom is 0.416 e. The van der Waals surface area contributed by atoms with Gasteiger partial charge in [-0.3, -0.25) is 9.59 Å². The summed E-state index contributed by atoms with van der Waals surface area (Å²) in [5.74, 6) is -1.15. The molecule has 1 heterocycles. The largest absolute Gasteiger partial charge is 0.468 e. The van der Waals surface area contributed by atoms with E-state index in [-0.39, 0.29) is 29.0 Å². The molecule has 0 saturated carbocycles. The number of hydrogen-bond acceptors (Lipinski definition) is 7. The molecule has 2 rings (SSSR count). The second-order valence-electron chi connectivity index (χ2n) is 4.59. The number of nitrogens with zero attached hydrogens (tertiary/aromatic N) is 2. The van der Waals surface area contributed by atoms with Crippen molar-refractivity contribution in [1.29, 1.82) is 0 Å². The number of aromatic nitrogens is 2. The van der Waals surface area contributed by atoms with Crippen molar-refractivity contribution in [3.05, 3.63) is 41.3 Å². The number of ether oxygens (including phenoxy) is 1. The molecule has 11 heteroatoms. The van der Waals surface area contributed by atoms with Crippen LogP contribution < -0.4 is 5.32 Å². The first kappa shape index (κ1) is 18.8. The first-order chi connectivity index (χ1) is 11.8. The Morgan fingerprint density at radius 1 is 1.32 bits per heavy atom. The Hall–Kier alpha value is -2.56. The summed E-state index contributed by atoms with van der Waals surface area (Å²) in [4.78, 5) is 22.9. The van der Waals surface area contributed by atoms with Crippen molar-refractivity contribution in [2.75, 3.05) is 12.9 Å². The Labute approximate surface area is 143 Å². The number of amides is 1. The molecule has 0 aliphatic rings. The van der Waals surface area contributed by atoms with E-state index in [1.54, 1.807) is 0 Å². The molecule has 7 nitrogen and oxygen atoms in total. The molecular weight excluding hydrogens is 363 g/mol. The number of methoxy groups -OCH3 is 1. The second kappa shape index (κ2) is 8.01. The van der Waals surface area contributed by atoms with Crippen molar-refractivity contribution >= 4 is 23.6 Å². The van der Waals surface area contributed by atoms with Crippen LogP contribution in [-0.4, -0.2) is 34.9 Å². The first-order valence-corrected chi connectivity index (χ1v) is 7.75. The number of halogens is 3. The first-order valence-electron chi connectivity index (χ1n) is 6.77. The van der Waals surface area contributed by atoms with E-state index in [0.717, 1.165) is 30.0 Å². The van der Waals surface area contributed by atoms with Crippen LogP contribution in [0.4, 0.5) is 13.2 Å². The van der Waals surface area contributed by atoms with Crippen molar-refractivity contribution in [2.45, 2.75) is 17.9 Å². The van der Waals surface area contributed by atoms with Crippen LogP contribution in [0.5, 0.6) is 0 Å². The number of nitrogens with one attached hydrogen (secondary N) is 1. The third-order valence-corrected chi connectivity index (χ3v) is 3.63. The Morgan fingerprint density at radius 3 is 2.76 bits per heavy atom. The molecule has 1 aromatic heterocycles. The zero-order chi connectivity index (χ0) is 18.4. The summed E-state index contributed by atoms with van der Waals surface area (Å²) in [5.41, 5.74) is -1.06. The van der Waals surface area contributed by atoms with Crippen LogP contribution in [0.2, 0.25) is 0 Å². The fourth-order valence-corrected chi connectivity index (χ4v) is 2.26. The minimum atomic E-state index is -4.53. The van der Waals surface area contributed by atoms with Crippen LogP contribution in [0.1, 0.15) is 21.8 Å². The monoisotopic (exact) mass is 375 g/mol. The lowest BCUT2D eigenvalue weighted by Gasteiger charge is -2.08. The number of benzene rings is 1. The van der Waals surface area contributed by atoms with Gasteiger partial charge in [0.2, 0.25) is 5.89 Å². The number of thioether (sulfide) groups is 1. The van der Waals surface area contributed by atoms with Crippen molar-refractivity contribution in [2.24, 2.45) is 0 Å². The van der Waals surface area contributed by atoms with Gasteiger partial charge in [0.1, 0.15) is 5.75 Å². The quantitative estimate of drug-likeness (QED) is 0.611. The summed E-state index contributed by atoms with van der Waals surface area (Å²) in [6, 6.07) is 4.03. The van der Waals surface area contributed by atoms with Crippen LogP contribution in [0, 0.1) is 0 Å². The van der Waals surface area contributed by atoms with Crippen LogP contribution in [0.15, 0.2) is 33.9 Å². The lowest BCUT2D eigenvalue weighted by Crippen LogP contribution is -2.23. The number of rotatable bonds is 6. The number of carbonyl (C=O) groups excluding carboxylic acids is 2. The van der Waals surface area contributed by atoms with E-state index >= 15 is 0 Å². The van der Waals surface area contributed by atoms with Crippen molar-refractivity contribution in [3.63, 3.8) is 0 Å². The van der Waals surface area contributed by atoms with E-state index in [9.17, 15) is 22.8 Å². The van der Waals surface area contributed by atoms with E-state index in [2.05, 4.69) is 20.3 Å². The second-order valence-corrected chi connectivity index (χ2v) is 5.51. The van der Waals surface area contributed by atoms with Crippen LogP contribution >= 0.6 is 11.8 Å². The summed E-state index contributed by atoms with van der Waals surface area (Å²) in [6.45, 7) is -0.166. The molecule has 2 aromatic rings. The van der Waals surface area contributed by atoms with Gasteiger partial charge in [0.15, 0.2) is 0 Å². The maximum absolute atomic E-state index is 12.6. The summed E-state index contributed by atoms with van der Waals surface area (Å²) in [6.07, 6.45) is -4.53. The molecule has 1 N–H and O–H groups in total. The molecule has 0 spiro atoms. The van der Waals surface area contributed by atoms with Gasteiger partial charge in [0.25, 0.3) is 11.1 Å². The topological polar surface area (TPSA) is 94.3 Å². The fraction of sp³-hybridized carbons (Fsp3) is 0.286. The highest BCUT2D eigenvalue weighted by atomic mass is 32.2. The van der Waals surface area contributed by atoms with Gasteiger partial charge in [-0.2, -0.15) is 13.2 Å². The zero-order valence-corrected chi connectivity index (χ0v) is 13.6. The summed E-state index contributed by atoms with van der Waals surface area (Å²) in [7, 11) is 1.24. The Kier molecular flexibility index (Phi) is 6.02. The highest BCUT2D eigenvalue weighted by Gasteiger charge is 2.30. The van der Waals surface area contributed by atoms with Crippen LogP contribution in [0.25, 0.3) is 0 Å². The van der Waals surface area contributed by atoms with Gasteiger partial charge in [-0.05, 0) is 18.2 Å². The van der Waals surface area contributed by atoms with Gasteiger partial charge in [0.05, 0.1) is 19.2 Å². The van der Waals surface area contributed by atoms with E-state index in [1.807, 2.05) is 0 Å². The van der Waals surface area contributed by atoms with E-state index in [1.165, 1.54) is 13.2 Å². The average molecular weight is 375 g/mol. The molecule has 0 fully saturated rings. The Bertz CT molecular complexity index is 764. The van der Waals surface area contributed by atoms with Gasteiger partial charge in [-0.15, -0.1) is 10.2 Å². The SMILES string of the molecule is COC(=O)CSc1nnc(CNC(=O)c2cccc(C(F)(F)F)c2)o1. The minimum Gasteiger partial charge on any atom is -0.468 e. The van der Waals surface area contributed by atoms with Crippen molar-refractivity contribution in [1.82, 2.24) is 15.5 Å². The summed E-state index contributed by atoms with van der Waals surface area (Å²) < 4.78 is 47.6. The fourth-order valence-electron chi connectivity index (χ4n) is 1.64. The normalized spacial score (nSPS) is 11.2. The van der Waals surface area contributed by atoms with E-state index in [4.69, 9.17) is 4.42 Å². The third kappa shape index (κ3) is 5.48. The summed E-state index contributed by atoms with van der Waals surface area (Å²) >= 11 is 0.957. The molecule has 0 unspecified atom stereocenters. The molecule has 1 amide bonds. The van der Waals surface area contributed by atoms with Crippen LogP contribution in [-0.2, 0) is 22.3 Å². The molecule has 25 heavy (non-hydrogen) atoms. The summed E-state index contributed by atoms with van der Waals surface area (Å²) in [5, 5.41) is 9.80. The Morgan fingerprint density at radius 2 is 2.08 bits per heavy atom. The molecule has 0 aliphatic carbocycles. The molecule has 134 valence electrons. The lowest BCUT2D eigenvalue weighted by molar-refractivity contribution is -0.138. The standard InChI is InChI=1S/C14H12F3N3O4S/c1-23-11(21)7-25-13-20-19-10(24-13)6-18-12(22)8-3-2-4-9(5-8)14(15,16)17/h2-5H,6-7H2,1H3,(H,18,22). The average Bonchev–Trinajstić information content (AvgIpc) is 3.04. The van der Waals surface area contributed by atoms with Gasteiger partial charge in [-0.1, -0.05) is 17.8 Å².